The van der Waals surface area contributed by atoms with E-state index in [2.05, 4.69) is 33.3 Å². The van der Waals surface area contributed by atoms with Gasteiger partial charge in [-0.3, -0.25) is 4.99 Å². The van der Waals surface area contributed by atoms with E-state index in [9.17, 15) is 0 Å². The van der Waals surface area contributed by atoms with Gasteiger partial charge in [-0.1, -0.05) is 22.8 Å². The number of aromatic nitrogens is 1. The van der Waals surface area contributed by atoms with Crippen LogP contribution in [-0.2, 0) is 6.42 Å². The molecule has 0 spiro atoms. The van der Waals surface area contributed by atoms with Crippen molar-refractivity contribution in [1.29, 1.82) is 0 Å². The molecule has 1 fully saturated rings. The highest BCUT2D eigenvalue weighted by Gasteiger charge is 2.20. The molecule has 2 heterocycles. The molecule has 1 N–H and O–H groups in total. The zero-order valence-electron chi connectivity index (χ0n) is 16.3. The summed E-state index contributed by atoms with van der Waals surface area (Å²) >= 11 is 6.13. The third-order valence-electron chi connectivity index (χ3n) is 4.89. The van der Waals surface area contributed by atoms with E-state index in [1.165, 1.54) is 11.3 Å². The van der Waals surface area contributed by atoms with E-state index in [4.69, 9.17) is 21.1 Å². The number of benzene rings is 1. The molecule has 0 unspecified atom stereocenters. The lowest BCUT2D eigenvalue weighted by Crippen LogP contribution is -2.52. The van der Waals surface area contributed by atoms with E-state index in [0.717, 1.165) is 68.1 Å². The molecule has 0 atom stereocenters. The summed E-state index contributed by atoms with van der Waals surface area (Å²) in [4.78, 5) is 9.53. The summed E-state index contributed by atoms with van der Waals surface area (Å²) in [6.45, 7) is 11.4. The van der Waals surface area contributed by atoms with Crippen molar-refractivity contribution in [3.05, 3.63) is 46.3 Å². The smallest absolute Gasteiger partial charge is 0.194 e. The van der Waals surface area contributed by atoms with Crippen LogP contribution in [0, 0.1) is 13.8 Å². The Morgan fingerprint density at radius 1 is 1.26 bits per heavy atom. The molecule has 7 heteroatoms. The van der Waals surface area contributed by atoms with E-state index in [0.29, 0.717) is 0 Å². The van der Waals surface area contributed by atoms with Crippen molar-refractivity contribution >= 4 is 23.2 Å². The largest absolute Gasteiger partial charge is 0.368 e. The summed E-state index contributed by atoms with van der Waals surface area (Å²) in [6.07, 6.45) is 0.846. The molecule has 1 aliphatic heterocycles. The highest BCUT2D eigenvalue weighted by atomic mass is 35.5. The van der Waals surface area contributed by atoms with Gasteiger partial charge in [0.25, 0.3) is 0 Å². The SMILES string of the molecule is CCNC(=NCCc1c(C)noc1C)N1CCN(c2cccc(Cl)c2)CC1. The quantitative estimate of drug-likeness (QED) is 0.628. The molecule has 1 saturated heterocycles. The highest BCUT2D eigenvalue weighted by Crippen LogP contribution is 2.21. The molecular weight excluding hydrogens is 362 g/mol. The Labute approximate surface area is 166 Å². The Morgan fingerprint density at radius 2 is 2.04 bits per heavy atom. The van der Waals surface area contributed by atoms with Crippen LogP contribution in [0.2, 0.25) is 5.02 Å². The predicted molar refractivity (Wildman–Crippen MR) is 111 cm³/mol. The number of halogens is 1. The minimum atomic E-state index is 0.722. The highest BCUT2D eigenvalue weighted by molar-refractivity contribution is 6.30. The Hall–Kier alpha value is -2.21. The first-order chi connectivity index (χ1) is 13.1. The van der Waals surface area contributed by atoms with Gasteiger partial charge in [-0.05, 0) is 45.4 Å². The second kappa shape index (κ2) is 9.13. The summed E-state index contributed by atoms with van der Waals surface area (Å²) < 4.78 is 5.24. The molecule has 0 radical (unpaired) electrons. The zero-order valence-corrected chi connectivity index (χ0v) is 17.1. The Morgan fingerprint density at radius 3 is 2.67 bits per heavy atom. The number of rotatable bonds is 5. The summed E-state index contributed by atoms with van der Waals surface area (Å²) in [7, 11) is 0. The van der Waals surface area contributed by atoms with Gasteiger partial charge in [0.2, 0.25) is 0 Å². The number of nitrogens with zero attached hydrogens (tertiary/aromatic N) is 4. The lowest BCUT2D eigenvalue weighted by molar-refractivity contribution is 0.372. The summed E-state index contributed by atoms with van der Waals surface area (Å²) in [5.41, 5.74) is 3.31. The minimum Gasteiger partial charge on any atom is -0.368 e. The van der Waals surface area contributed by atoms with Gasteiger partial charge in [0.1, 0.15) is 5.76 Å². The molecule has 2 aromatic rings. The molecule has 0 bridgehead atoms. The Balaban J connectivity index is 1.59. The first-order valence-corrected chi connectivity index (χ1v) is 9.91. The average molecular weight is 390 g/mol. The van der Waals surface area contributed by atoms with Crippen molar-refractivity contribution in [3.63, 3.8) is 0 Å². The molecule has 146 valence electrons. The van der Waals surface area contributed by atoms with Crippen LogP contribution in [0.15, 0.2) is 33.8 Å². The molecule has 6 nitrogen and oxygen atoms in total. The third-order valence-corrected chi connectivity index (χ3v) is 5.13. The number of hydrogen-bond donors (Lipinski definition) is 1. The van der Waals surface area contributed by atoms with Crippen molar-refractivity contribution in [2.45, 2.75) is 27.2 Å². The van der Waals surface area contributed by atoms with Crippen LogP contribution in [-0.4, -0.2) is 55.3 Å². The maximum Gasteiger partial charge on any atom is 0.194 e. The first kappa shape index (κ1) is 19.5. The van der Waals surface area contributed by atoms with Crippen LogP contribution in [0.25, 0.3) is 0 Å². The van der Waals surface area contributed by atoms with Crippen LogP contribution in [0.3, 0.4) is 0 Å². The van der Waals surface area contributed by atoms with Gasteiger partial charge in [0.05, 0.1) is 5.69 Å². The molecule has 27 heavy (non-hydrogen) atoms. The number of aliphatic imine (C=N–C) groups is 1. The fraction of sp³-hybridized carbons (Fsp3) is 0.500. The van der Waals surface area contributed by atoms with Gasteiger partial charge in [-0.25, -0.2) is 0 Å². The number of hydrogen-bond acceptors (Lipinski definition) is 4. The average Bonchev–Trinajstić information content (AvgIpc) is 2.99. The topological polar surface area (TPSA) is 56.9 Å². The van der Waals surface area contributed by atoms with Gasteiger partial charge in [-0.2, -0.15) is 0 Å². The Kier molecular flexibility index (Phi) is 6.61. The molecule has 0 saturated carbocycles. The Bertz CT molecular complexity index is 761. The van der Waals surface area contributed by atoms with Gasteiger partial charge < -0.3 is 19.6 Å². The molecule has 1 aromatic carbocycles. The molecule has 1 aliphatic rings. The van der Waals surface area contributed by atoms with Gasteiger partial charge in [0, 0.05) is 55.5 Å². The first-order valence-electron chi connectivity index (χ1n) is 9.54. The van der Waals surface area contributed by atoms with Crippen molar-refractivity contribution in [3.8, 4) is 0 Å². The van der Waals surface area contributed by atoms with Gasteiger partial charge in [-0.15, -0.1) is 0 Å². The van der Waals surface area contributed by atoms with Crippen molar-refractivity contribution in [2.75, 3.05) is 44.2 Å². The van der Waals surface area contributed by atoms with Crippen LogP contribution in [0.1, 0.15) is 23.9 Å². The standard InChI is InChI=1S/C20H28ClN5O/c1-4-22-20(23-9-8-19-15(2)24-27-16(19)3)26-12-10-25(11-13-26)18-7-5-6-17(21)14-18/h5-7,14H,4,8-13H2,1-3H3,(H,22,23). The lowest BCUT2D eigenvalue weighted by atomic mass is 10.1. The molecule has 3 rings (SSSR count). The van der Waals surface area contributed by atoms with Crippen molar-refractivity contribution < 1.29 is 4.52 Å². The normalized spacial score (nSPS) is 15.3. The maximum absolute atomic E-state index is 6.13. The minimum absolute atomic E-state index is 0.722. The van der Waals surface area contributed by atoms with Gasteiger partial charge >= 0.3 is 0 Å². The number of nitrogens with one attached hydrogen (secondary N) is 1. The van der Waals surface area contributed by atoms with E-state index in [1.54, 1.807) is 0 Å². The van der Waals surface area contributed by atoms with Crippen LogP contribution in [0.5, 0.6) is 0 Å². The molecule has 0 amide bonds. The fourth-order valence-corrected chi connectivity index (χ4v) is 3.59. The van der Waals surface area contributed by atoms with E-state index >= 15 is 0 Å². The molecule has 1 aromatic heterocycles. The van der Waals surface area contributed by atoms with Crippen LogP contribution in [0.4, 0.5) is 5.69 Å². The fourth-order valence-electron chi connectivity index (χ4n) is 3.41. The zero-order chi connectivity index (χ0) is 19.2. The van der Waals surface area contributed by atoms with E-state index < -0.39 is 0 Å². The molecular formula is C20H28ClN5O. The number of guanidine groups is 1. The summed E-state index contributed by atoms with van der Waals surface area (Å²) in [5, 5.41) is 8.22. The van der Waals surface area contributed by atoms with E-state index in [1.807, 2.05) is 32.0 Å². The van der Waals surface area contributed by atoms with Crippen LogP contribution >= 0.6 is 11.6 Å². The second-order valence-corrected chi connectivity index (χ2v) is 7.18. The summed E-state index contributed by atoms with van der Waals surface area (Å²) in [5.74, 6) is 1.87. The van der Waals surface area contributed by atoms with Crippen molar-refractivity contribution in [1.82, 2.24) is 15.4 Å². The number of aryl methyl sites for hydroxylation is 2. The monoisotopic (exact) mass is 389 g/mol. The lowest BCUT2D eigenvalue weighted by Gasteiger charge is -2.37. The van der Waals surface area contributed by atoms with E-state index in [-0.39, 0.29) is 0 Å². The maximum atomic E-state index is 6.13. The summed E-state index contributed by atoms with van der Waals surface area (Å²) in [6, 6.07) is 8.06. The van der Waals surface area contributed by atoms with Gasteiger partial charge in [0.15, 0.2) is 5.96 Å². The number of piperazine rings is 1. The predicted octanol–water partition coefficient (Wildman–Crippen LogP) is 3.28. The third kappa shape index (κ3) is 4.95. The molecule has 0 aliphatic carbocycles. The van der Waals surface area contributed by atoms with Crippen molar-refractivity contribution in [2.24, 2.45) is 4.99 Å². The van der Waals surface area contributed by atoms with Crippen LogP contribution < -0.4 is 10.2 Å². The second-order valence-electron chi connectivity index (χ2n) is 6.74. The number of anilines is 1.